The lowest BCUT2D eigenvalue weighted by atomic mass is 10.0. The highest BCUT2D eigenvalue weighted by atomic mass is 15.4. The molecule has 0 aromatic carbocycles. The van der Waals surface area contributed by atoms with Gasteiger partial charge in [-0.3, -0.25) is 0 Å². The van der Waals surface area contributed by atoms with Crippen LogP contribution in [0.4, 0.5) is 0 Å². The highest BCUT2D eigenvalue weighted by molar-refractivity contribution is 5.13. The molecule has 0 fully saturated rings. The summed E-state index contributed by atoms with van der Waals surface area (Å²) in [5, 5.41) is 16.5. The minimum absolute atomic E-state index is 0.336. The van der Waals surface area contributed by atoms with Crippen molar-refractivity contribution in [1.29, 1.82) is 5.26 Å². The lowest BCUT2D eigenvalue weighted by Gasteiger charge is -2.09. The van der Waals surface area contributed by atoms with Gasteiger partial charge in [0.1, 0.15) is 6.54 Å². The summed E-state index contributed by atoms with van der Waals surface area (Å²) < 4.78 is 1.72. The van der Waals surface area contributed by atoms with E-state index in [1.165, 1.54) is 18.5 Å². The molecule has 1 aliphatic carbocycles. The molecule has 1 aromatic heterocycles. The second kappa shape index (κ2) is 2.94. The van der Waals surface area contributed by atoms with Crippen LogP contribution in [0, 0.1) is 11.3 Å². The smallest absolute Gasteiger partial charge is 0.130 e. The van der Waals surface area contributed by atoms with Crippen molar-refractivity contribution in [2.75, 3.05) is 0 Å². The van der Waals surface area contributed by atoms with Gasteiger partial charge in [-0.2, -0.15) is 5.26 Å². The third kappa shape index (κ3) is 1.07. The van der Waals surface area contributed by atoms with Crippen LogP contribution in [0.25, 0.3) is 0 Å². The second-order valence-electron chi connectivity index (χ2n) is 3.01. The van der Waals surface area contributed by atoms with E-state index in [-0.39, 0.29) is 0 Å². The number of aromatic nitrogens is 3. The Labute approximate surface area is 70.8 Å². The molecule has 0 unspecified atom stereocenters. The van der Waals surface area contributed by atoms with E-state index >= 15 is 0 Å². The van der Waals surface area contributed by atoms with Gasteiger partial charge in [0.05, 0.1) is 17.5 Å². The Bertz CT molecular complexity index is 320. The maximum absolute atomic E-state index is 8.50. The number of aryl methyl sites for hydroxylation is 1. The van der Waals surface area contributed by atoms with Crippen LogP contribution in [0.15, 0.2) is 0 Å². The Morgan fingerprint density at radius 1 is 1.42 bits per heavy atom. The SMILES string of the molecule is N#CCn1nnc2c1CCCC2. The molecule has 0 amide bonds. The molecule has 1 heterocycles. The topological polar surface area (TPSA) is 54.5 Å². The van der Waals surface area contributed by atoms with Crippen LogP contribution in [0.5, 0.6) is 0 Å². The number of nitriles is 1. The number of rotatable bonds is 1. The van der Waals surface area contributed by atoms with Gasteiger partial charge in [-0.25, -0.2) is 4.68 Å². The van der Waals surface area contributed by atoms with E-state index in [0.29, 0.717) is 6.54 Å². The van der Waals surface area contributed by atoms with Crippen molar-refractivity contribution in [1.82, 2.24) is 15.0 Å². The third-order valence-corrected chi connectivity index (χ3v) is 2.22. The zero-order valence-electron chi connectivity index (χ0n) is 6.82. The Kier molecular flexibility index (Phi) is 1.78. The van der Waals surface area contributed by atoms with E-state index in [9.17, 15) is 0 Å². The van der Waals surface area contributed by atoms with Crippen LogP contribution >= 0.6 is 0 Å². The quantitative estimate of drug-likeness (QED) is 0.610. The van der Waals surface area contributed by atoms with Gasteiger partial charge >= 0.3 is 0 Å². The third-order valence-electron chi connectivity index (χ3n) is 2.22. The first kappa shape index (κ1) is 7.29. The molecule has 0 N–H and O–H groups in total. The molecule has 0 saturated carbocycles. The van der Waals surface area contributed by atoms with Gasteiger partial charge in [-0.1, -0.05) is 5.21 Å². The highest BCUT2D eigenvalue weighted by Crippen LogP contribution is 2.17. The van der Waals surface area contributed by atoms with Crippen molar-refractivity contribution in [2.45, 2.75) is 32.2 Å². The lowest BCUT2D eigenvalue weighted by molar-refractivity contribution is 0.602. The average Bonchev–Trinajstić information content (AvgIpc) is 2.50. The van der Waals surface area contributed by atoms with Crippen LogP contribution in [0.1, 0.15) is 24.2 Å². The standard InChI is InChI=1S/C8H10N4/c9-5-6-12-8-4-2-1-3-7(8)10-11-12/h1-4,6H2. The van der Waals surface area contributed by atoms with Crippen LogP contribution in [-0.4, -0.2) is 15.0 Å². The first-order valence-electron chi connectivity index (χ1n) is 4.20. The molecule has 12 heavy (non-hydrogen) atoms. The largest absolute Gasteiger partial charge is 0.235 e. The fraction of sp³-hybridized carbons (Fsp3) is 0.625. The second-order valence-corrected chi connectivity index (χ2v) is 3.01. The molecule has 0 bridgehead atoms. The first-order chi connectivity index (χ1) is 5.92. The Balaban J connectivity index is 2.33. The van der Waals surface area contributed by atoms with Crippen molar-refractivity contribution in [3.8, 4) is 6.07 Å². The van der Waals surface area contributed by atoms with Crippen molar-refractivity contribution >= 4 is 0 Å². The van der Waals surface area contributed by atoms with Crippen molar-refractivity contribution in [3.63, 3.8) is 0 Å². The molecule has 0 atom stereocenters. The summed E-state index contributed by atoms with van der Waals surface area (Å²) in [6.07, 6.45) is 4.47. The zero-order chi connectivity index (χ0) is 8.39. The minimum atomic E-state index is 0.336. The Hall–Kier alpha value is -1.37. The molecular weight excluding hydrogens is 152 g/mol. The predicted octanol–water partition coefficient (Wildman–Crippen LogP) is 0.680. The molecule has 4 nitrogen and oxygen atoms in total. The molecule has 2 rings (SSSR count). The number of nitrogens with zero attached hydrogens (tertiary/aromatic N) is 4. The van der Waals surface area contributed by atoms with Gasteiger partial charge in [0.25, 0.3) is 0 Å². The number of hydrogen-bond acceptors (Lipinski definition) is 3. The maximum Gasteiger partial charge on any atom is 0.130 e. The van der Waals surface area contributed by atoms with E-state index in [1.54, 1.807) is 4.68 Å². The lowest BCUT2D eigenvalue weighted by Crippen LogP contribution is -2.08. The summed E-state index contributed by atoms with van der Waals surface area (Å²) in [5.41, 5.74) is 2.26. The minimum Gasteiger partial charge on any atom is -0.235 e. The van der Waals surface area contributed by atoms with Gasteiger partial charge in [-0.15, -0.1) is 5.10 Å². The average molecular weight is 162 g/mol. The number of fused-ring (bicyclic) bond motifs is 1. The van der Waals surface area contributed by atoms with Gasteiger partial charge in [0.2, 0.25) is 0 Å². The van der Waals surface area contributed by atoms with Gasteiger partial charge in [-0.05, 0) is 25.7 Å². The molecule has 0 saturated heterocycles. The molecule has 0 spiro atoms. The fourth-order valence-electron chi connectivity index (χ4n) is 1.62. The van der Waals surface area contributed by atoms with Crippen LogP contribution in [0.3, 0.4) is 0 Å². The summed E-state index contributed by atoms with van der Waals surface area (Å²) in [5.74, 6) is 0. The number of hydrogen-bond donors (Lipinski definition) is 0. The van der Waals surface area contributed by atoms with E-state index in [4.69, 9.17) is 5.26 Å². The molecule has 62 valence electrons. The van der Waals surface area contributed by atoms with Gasteiger partial charge in [0, 0.05) is 0 Å². The maximum atomic E-state index is 8.50. The van der Waals surface area contributed by atoms with E-state index in [2.05, 4.69) is 16.4 Å². The summed E-state index contributed by atoms with van der Waals surface area (Å²) in [6, 6.07) is 2.08. The van der Waals surface area contributed by atoms with Crippen LogP contribution in [-0.2, 0) is 19.4 Å². The van der Waals surface area contributed by atoms with Crippen molar-refractivity contribution in [3.05, 3.63) is 11.4 Å². The van der Waals surface area contributed by atoms with Gasteiger partial charge < -0.3 is 0 Å². The first-order valence-corrected chi connectivity index (χ1v) is 4.20. The predicted molar refractivity (Wildman–Crippen MR) is 42.3 cm³/mol. The Morgan fingerprint density at radius 3 is 3.08 bits per heavy atom. The fourth-order valence-corrected chi connectivity index (χ4v) is 1.62. The monoisotopic (exact) mass is 162 g/mol. The van der Waals surface area contributed by atoms with Crippen LogP contribution < -0.4 is 0 Å². The van der Waals surface area contributed by atoms with E-state index in [1.807, 2.05) is 0 Å². The molecule has 0 radical (unpaired) electrons. The van der Waals surface area contributed by atoms with E-state index in [0.717, 1.165) is 18.5 Å². The molecular formula is C8H10N4. The molecule has 0 aliphatic heterocycles. The van der Waals surface area contributed by atoms with E-state index < -0.39 is 0 Å². The van der Waals surface area contributed by atoms with Crippen molar-refractivity contribution in [2.24, 2.45) is 0 Å². The zero-order valence-corrected chi connectivity index (χ0v) is 6.82. The summed E-state index contributed by atoms with van der Waals surface area (Å²) in [7, 11) is 0. The van der Waals surface area contributed by atoms with Crippen LogP contribution in [0.2, 0.25) is 0 Å². The molecule has 4 heteroatoms. The highest BCUT2D eigenvalue weighted by Gasteiger charge is 2.15. The summed E-state index contributed by atoms with van der Waals surface area (Å²) in [4.78, 5) is 0. The molecule has 1 aromatic rings. The van der Waals surface area contributed by atoms with Crippen molar-refractivity contribution < 1.29 is 0 Å². The normalized spacial score (nSPS) is 15.2. The van der Waals surface area contributed by atoms with Gasteiger partial charge in [0.15, 0.2) is 0 Å². The molecule has 1 aliphatic rings. The summed E-state index contributed by atoms with van der Waals surface area (Å²) in [6.45, 7) is 0.336. The Morgan fingerprint density at radius 2 is 2.25 bits per heavy atom. The summed E-state index contributed by atoms with van der Waals surface area (Å²) >= 11 is 0.